The van der Waals surface area contributed by atoms with Crippen molar-refractivity contribution < 1.29 is 4.39 Å². The number of rotatable bonds is 5. The fourth-order valence-electron chi connectivity index (χ4n) is 3.00. The van der Waals surface area contributed by atoms with Gasteiger partial charge in [0, 0.05) is 35.7 Å². The Hall–Kier alpha value is -3.21. The highest BCUT2D eigenvalue weighted by molar-refractivity contribution is 9.10. The van der Waals surface area contributed by atoms with Gasteiger partial charge in [0.1, 0.15) is 22.1 Å². The fraction of sp³-hybridized carbons (Fsp3) is 0.0455. The van der Waals surface area contributed by atoms with Crippen molar-refractivity contribution in [3.8, 4) is 6.07 Å². The van der Waals surface area contributed by atoms with E-state index in [1.165, 1.54) is 12.1 Å². The van der Waals surface area contributed by atoms with Crippen molar-refractivity contribution in [3.05, 3.63) is 87.5 Å². The second kappa shape index (κ2) is 8.66. The van der Waals surface area contributed by atoms with Gasteiger partial charge in [0.2, 0.25) is 0 Å². The van der Waals surface area contributed by atoms with Crippen molar-refractivity contribution in [2.75, 3.05) is 10.6 Å². The van der Waals surface area contributed by atoms with Crippen LogP contribution in [0.2, 0.25) is 5.02 Å². The molecule has 0 saturated heterocycles. The Morgan fingerprint density at radius 1 is 1.13 bits per heavy atom. The first kappa shape index (κ1) is 20.1. The van der Waals surface area contributed by atoms with E-state index in [0.29, 0.717) is 33.6 Å². The monoisotopic (exact) mass is 481 g/mol. The number of fused-ring (bicyclic) bond motifs is 1. The van der Waals surface area contributed by atoms with Crippen molar-refractivity contribution >= 4 is 55.5 Å². The summed E-state index contributed by atoms with van der Waals surface area (Å²) in [5.74, 6) is -0.509. The lowest BCUT2D eigenvalue weighted by Gasteiger charge is -2.15. The maximum Gasteiger partial charge on any atom is 0.141 e. The Morgan fingerprint density at radius 2 is 1.97 bits per heavy atom. The first-order valence-electron chi connectivity index (χ1n) is 8.93. The number of nitrogens with one attached hydrogen (secondary N) is 2. The Bertz CT molecular complexity index is 1270. The molecule has 0 unspecified atom stereocenters. The number of nitrogens with zero attached hydrogens (tertiary/aromatic N) is 3. The van der Waals surface area contributed by atoms with E-state index in [2.05, 4.69) is 42.6 Å². The van der Waals surface area contributed by atoms with E-state index in [1.807, 2.05) is 30.3 Å². The van der Waals surface area contributed by atoms with E-state index in [-0.39, 0.29) is 5.02 Å². The summed E-state index contributed by atoms with van der Waals surface area (Å²) in [6.45, 7) is 0.602. The zero-order valence-electron chi connectivity index (χ0n) is 15.5. The quantitative estimate of drug-likeness (QED) is 0.321. The van der Waals surface area contributed by atoms with Crippen LogP contribution >= 0.6 is 27.5 Å². The largest absolute Gasteiger partial charge is 0.381 e. The SMILES string of the molecule is N#Cc1c(Br)nc2ccc(NCc3cccnc3)cc2c1Nc1ccc(F)c(Cl)c1. The number of nitriles is 1. The van der Waals surface area contributed by atoms with Gasteiger partial charge < -0.3 is 10.6 Å². The van der Waals surface area contributed by atoms with Crippen molar-refractivity contribution in [1.82, 2.24) is 9.97 Å². The summed E-state index contributed by atoms with van der Waals surface area (Å²) in [5, 5.41) is 17.0. The first-order valence-corrected chi connectivity index (χ1v) is 10.1. The molecule has 2 heterocycles. The van der Waals surface area contributed by atoms with E-state index in [0.717, 1.165) is 16.6 Å². The molecular weight excluding hydrogens is 469 g/mol. The topological polar surface area (TPSA) is 73.6 Å². The minimum Gasteiger partial charge on any atom is -0.381 e. The lowest BCUT2D eigenvalue weighted by molar-refractivity contribution is 0.628. The maximum absolute atomic E-state index is 13.5. The lowest BCUT2D eigenvalue weighted by Crippen LogP contribution is -2.02. The molecule has 0 saturated carbocycles. The van der Waals surface area contributed by atoms with E-state index in [9.17, 15) is 9.65 Å². The highest BCUT2D eigenvalue weighted by atomic mass is 79.9. The first-order chi connectivity index (χ1) is 14.5. The smallest absolute Gasteiger partial charge is 0.141 e. The zero-order chi connectivity index (χ0) is 21.1. The molecule has 4 rings (SSSR count). The average molecular weight is 483 g/mol. The molecule has 148 valence electrons. The molecule has 5 nitrogen and oxygen atoms in total. The van der Waals surface area contributed by atoms with Crippen molar-refractivity contribution in [2.24, 2.45) is 0 Å². The van der Waals surface area contributed by atoms with Crippen molar-refractivity contribution in [3.63, 3.8) is 0 Å². The number of hydrogen-bond acceptors (Lipinski definition) is 5. The summed E-state index contributed by atoms with van der Waals surface area (Å²) in [6, 6.07) is 16.1. The zero-order valence-corrected chi connectivity index (χ0v) is 17.8. The van der Waals surface area contributed by atoms with Crippen LogP contribution in [0.15, 0.2) is 65.5 Å². The minimum atomic E-state index is -0.509. The number of hydrogen-bond donors (Lipinski definition) is 2. The van der Waals surface area contributed by atoms with Crippen LogP contribution in [0.1, 0.15) is 11.1 Å². The van der Waals surface area contributed by atoms with Crippen LogP contribution in [-0.4, -0.2) is 9.97 Å². The molecule has 4 aromatic rings. The number of benzene rings is 2. The molecule has 0 bridgehead atoms. The van der Waals surface area contributed by atoms with Crippen LogP contribution in [0.4, 0.5) is 21.5 Å². The van der Waals surface area contributed by atoms with Crippen molar-refractivity contribution in [1.29, 1.82) is 5.26 Å². The van der Waals surface area contributed by atoms with Gasteiger partial charge in [0.15, 0.2) is 0 Å². The predicted molar refractivity (Wildman–Crippen MR) is 120 cm³/mol. The van der Waals surface area contributed by atoms with Crippen LogP contribution in [0.25, 0.3) is 10.9 Å². The summed E-state index contributed by atoms with van der Waals surface area (Å²) in [7, 11) is 0. The predicted octanol–water partition coefficient (Wildman–Crippen LogP) is 6.41. The molecule has 2 aromatic heterocycles. The van der Waals surface area contributed by atoms with Gasteiger partial charge in [-0.15, -0.1) is 0 Å². The Balaban J connectivity index is 1.75. The number of pyridine rings is 2. The molecule has 0 spiro atoms. The van der Waals surface area contributed by atoms with Gasteiger partial charge in [0.05, 0.1) is 16.2 Å². The second-order valence-electron chi connectivity index (χ2n) is 6.47. The highest BCUT2D eigenvalue weighted by Gasteiger charge is 2.15. The molecular formula is C22H14BrClFN5. The lowest BCUT2D eigenvalue weighted by atomic mass is 10.1. The van der Waals surface area contributed by atoms with E-state index < -0.39 is 5.82 Å². The van der Waals surface area contributed by atoms with E-state index >= 15 is 0 Å². The second-order valence-corrected chi connectivity index (χ2v) is 7.62. The van der Waals surface area contributed by atoms with E-state index in [4.69, 9.17) is 11.6 Å². The standard InChI is InChI=1S/C22H14BrClFN5/c23-22-17(10-26)21(29-15-3-5-19(25)18(24)9-15)16-8-14(4-6-20(16)30-22)28-12-13-2-1-7-27-11-13/h1-9,11,28H,12H2,(H,29,30). The van der Waals surface area contributed by atoms with E-state index in [1.54, 1.807) is 18.5 Å². The molecule has 2 N–H and O–H groups in total. The summed E-state index contributed by atoms with van der Waals surface area (Å²) in [4.78, 5) is 8.58. The maximum atomic E-state index is 13.5. The Morgan fingerprint density at radius 3 is 2.70 bits per heavy atom. The molecule has 0 aliphatic heterocycles. The van der Waals surface area contributed by atoms with Gasteiger partial charge in [-0.2, -0.15) is 5.26 Å². The number of aromatic nitrogens is 2. The molecule has 8 heteroatoms. The summed E-state index contributed by atoms with van der Waals surface area (Å²) in [6.07, 6.45) is 3.53. The third kappa shape index (κ3) is 4.20. The van der Waals surface area contributed by atoms with Gasteiger partial charge in [-0.3, -0.25) is 4.98 Å². The molecule has 2 aromatic carbocycles. The summed E-state index contributed by atoms with van der Waals surface area (Å²) < 4.78 is 14.0. The van der Waals surface area contributed by atoms with Gasteiger partial charge in [-0.05, 0) is 64.0 Å². The molecule has 0 aliphatic rings. The molecule has 0 aliphatic carbocycles. The molecule has 0 amide bonds. The highest BCUT2D eigenvalue weighted by Crippen LogP contribution is 2.35. The number of halogens is 3. The molecule has 0 fully saturated rings. The normalized spacial score (nSPS) is 10.6. The number of anilines is 3. The Kier molecular flexibility index (Phi) is 5.79. The van der Waals surface area contributed by atoms with Crippen LogP contribution in [0, 0.1) is 17.1 Å². The average Bonchev–Trinajstić information content (AvgIpc) is 2.76. The van der Waals surface area contributed by atoms with Crippen LogP contribution in [0.3, 0.4) is 0 Å². The van der Waals surface area contributed by atoms with Gasteiger partial charge in [0.25, 0.3) is 0 Å². The summed E-state index contributed by atoms with van der Waals surface area (Å²) in [5.41, 5.74) is 4.06. The molecule has 0 atom stereocenters. The minimum absolute atomic E-state index is 0.00485. The third-order valence-corrected chi connectivity index (χ3v) is 5.32. The third-order valence-electron chi connectivity index (χ3n) is 4.46. The van der Waals surface area contributed by atoms with Crippen LogP contribution in [-0.2, 0) is 6.54 Å². The van der Waals surface area contributed by atoms with Gasteiger partial charge in [-0.25, -0.2) is 9.37 Å². The van der Waals surface area contributed by atoms with Gasteiger partial charge in [-0.1, -0.05) is 17.7 Å². The Labute approximate surface area is 185 Å². The van der Waals surface area contributed by atoms with Gasteiger partial charge >= 0.3 is 0 Å². The van der Waals surface area contributed by atoms with Crippen LogP contribution in [0.5, 0.6) is 0 Å². The molecule has 30 heavy (non-hydrogen) atoms. The molecule has 0 radical (unpaired) electrons. The summed E-state index contributed by atoms with van der Waals surface area (Å²) >= 11 is 9.28. The van der Waals surface area contributed by atoms with Crippen molar-refractivity contribution in [2.45, 2.75) is 6.54 Å². The fourth-order valence-corrected chi connectivity index (χ4v) is 3.66. The van der Waals surface area contributed by atoms with Crippen LogP contribution < -0.4 is 10.6 Å².